The van der Waals surface area contributed by atoms with Crippen LogP contribution in [0.2, 0.25) is 0 Å². The predicted octanol–water partition coefficient (Wildman–Crippen LogP) is 2.95. The van der Waals surface area contributed by atoms with Gasteiger partial charge in [0.25, 0.3) is 5.91 Å². The lowest BCUT2D eigenvalue weighted by molar-refractivity contribution is -0.133. The van der Waals surface area contributed by atoms with Crippen LogP contribution in [0.5, 0.6) is 0 Å². The van der Waals surface area contributed by atoms with Crippen molar-refractivity contribution in [1.29, 1.82) is 0 Å². The lowest BCUT2D eigenvalue weighted by Crippen LogP contribution is -2.30. The van der Waals surface area contributed by atoms with Crippen molar-refractivity contribution in [2.75, 3.05) is 19.0 Å². The normalized spacial score (nSPS) is 12.7. The molecule has 0 saturated carbocycles. The molecule has 6 heteroatoms. The minimum absolute atomic E-state index is 0.0270. The van der Waals surface area contributed by atoms with Gasteiger partial charge >= 0.3 is 5.97 Å². The van der Waals surface area contributed by atoms with Gasteiger partial charge < -0.3 is 15.0 Å². The quantitative estimate of drug-likeness (QED) is 0.782. The Hall–Kier alpha value is -3.15. The molecule has 28 heavy (non-hydrogen) atoms. The lowest BCUT2D eigenvalue weighted by Gasteiger charge is -2.18. The summed E-state index contributed by atoms with van der Waals surface area (Å²) in [6.45, 7) is 2.24. The van der Waals surface area contributed by atoms with Crippen LogP contribution in [0.25, 0.3) is 0 Å². The number of esters is 1. The highest BCUT2D eigenvalue weighted by Crippen LogP contribution is 2.23. The number of rotatable bonds is 6. The fourth-order valence-electron chi connectivity index (χ4n) is 3.07. The van der Waals surface area contributed by atoms with Gasteiger partial charge in [0.2, 0.25) is 5.91 Å². The number of fused-ring (bicyclic) bond motifs is 1. The third-order valence-corrected chi connectivity index (χ3v) is 4.84. The first-order valence-corrected chi connectivity index (χ1v) is 9.38. The van der Waals surface area contributed by atoms with Crippen molar-refractivity contribution in [1.82, 2.24) is 4.90 Å². The Morgan fingerprint density at radius 1 is 1.07 bits per heavy atom. The van der Waals surface area contributed by atoms with E-state index in [1.54, 1.807) is 25.2 Å². The largest absolute Gasteiger partial charge is 0.452 e. The number of likely N-dealkylation sites (N-methyl/N-ethyl adjacent to an activating group) is 1. The minimum atomic E-state index is -0.547. The third kappa shape index (κ3) is 4.76. The molecule has 1 aliphatic heterocycles. The maximum Gasteiger partial charge on any atom is 0.338 e. The Labute approximate surface area is 164 Å². The van der Waals surface area contributed by atoms with Crippen molar-refractivity contribution in [2.45, 2.75) is 32.7 Å². The van der Waals surface area contributed by atoms with Crippen LogP contribution in [0.1, 0.15) is 40.4 Å². The fraction of sp³-hybridized carbons (Fsp3) is 0.318. The Morgan fingerprint density at radius 3 is 2.50 bits per heavy atom. The molecule has 0 unspecified atom stereocenters. The number of nitrogens with one attached hydrogen (secondary N) is 1. The van der Waals surface area contributed by atoms with E-state index in [1.165, 1.54) is 10.5 Å². The van der Waals surface area contributed by atoms with Crippen molar-refractivity contribution < 1.29 is 19.1 Å². The van der Waals surface area contributed by atoms with Gasteiger partial charge in [-0.2, -0.15) is 0 Å². The molecule has 0 bridgehead atoms. The number of carbonyl (C=O) groups excluding carboxylic acids is 3. The smallest absolute Gasteiger partial charge is 0.338 e. The van der Waals surface area contributed by atoms with Gasteiger partial charge in [0.15, 0.2) is 6.61 Å². The van der Waals surface area contributed by atoms with Crippen molar-refractivity contribution in [2.24, 2.45) is 0 Å². The monoisotopic (exact) mass is 380 g/mol. The lowest BCUT2D eigenvalue weighted by atomic mass is 10.0. The van der Waals surface area contributed by atoms with Crippen molar-refractivity contribution in [3.63, 3.8) is 0 Å². The molecule has 0 saturated heterocycles. The second-order valence-corrected chi connectivity index (χ2v) is 6.92. The summed E-state index contributed by atoms with van der Waals surface area (Å²) in [6, 6.07) is 13.1. The first-order chi connectivity index (χ1) is 13.5. The summed E-state index contributed by atoms with van der Waals surface area (Å²) in [5, 5.41) is 2.77. The molecule has 2 aromatic rings. The topological polar surface area (TPSA) is 75.7 Å². The number of aryl methyl sites for hydroxylation is 2. The van der Waals surface area contributed by atoms with E-state index < -0.39 is 5.97 Å². The van der Waals surface area contributed by atoms with Crippen LogP contribution in [-0.2, 0) is 33.7 Å². The molecule has 0 spiro atoms. The van der Waals surface area contributed by atoms with E-state index in [-0.39, 0.29) is 18.4 Å². The van der Waals surface area contributed by atoms with E-state index in [4.69, 9.17) is 4.74 Å². The van der Waals surface area contributed by atoms with Gasteiger partial charge in [-0.25, -0.2) is 4.79 Å². The van der Waals surface area contributed by atoms with Gasteiger partial charge in [-0.05, 0) is 47.7 Å². The summed E-state index contributed by atoms with van der Waals surface area (Å²) in [5.74, 6) is -0.840. The van der Waals surface area contributed by atoms with Crippen molar-refractivity contribution in [3.05, 3.63) is 64.7 Å². The number of hydrogen-bond donors (Lipinski definition) is 1. The van der Waals surface area contributed by atoms with E-state index >= 15 is 0 Å². The van der Waals surface area contributed by atoms with E-state index in [2.05, 4.69) is 12.2 Å². The van der Waals surface area contributed by atoms with Crippen LogP contribution in [0.15, 0.2) is 42.5 Å². The van der Waals surface area contributed by atoms with Gasteiger partial charge in [-0.3, -0.25) is 9.59 Å². The summed E-state index contributed by atoms with van der Waals surface area (Å²) in [7, 11) is 1.69. The van der Waals surface area contributed by atoms with E-state index in [9.17, 15) is 14.4 Å². The molecule has 0 radical (unpaired) electrons. The molecular formula is C22H24N2O4. The Kier molecular flexibility index (Phi) is 6.09. The molecule has 1 heterocycles. The summed E-state index contributed by atoms with van der Waals surface area (Å²) in [5.41, 5.74) is 4.26. The third-order valence-electron chi connectivity index (χ3n) is 4.84. The summed E-state index contributed by atoms with van der Waals surface area (Å²) >= 11 is 0. The van der Waals surface area contributed by atoms with Crippen LogP contribution < -0.4 is 5.32 Å². The zero-order valence-corrected chi connectivity index (χ0v) is 16.2. The van der Waals surface area contributed by atoms with Crippen LogP contribution in [0.4, 0.5) is 5.69 Å². The van der Waals surface area contributed by atoms with Gasteiger partial charge in [-0.15, -0.1) is 0 Å². The SMILES string of the molecule is CCc1ccc(CN(C)C(=O)COC(=O)c2ccc3c(c2)CCC(=O)N3)cc1. The molecule has 146 valence electrons. The number of ether oxygens (including phenoxy) is 1. The van der Waals surface area contributed by atoms with Gasteiger partial charge in [0.1, 0.15) is 0 Å². The zero-order chi connectivity index (χ0) is 20.1. The standard InChI is InChI=1S/C22H24N2O4/c1-3-15-4-6-16(7-5-15)13-24(2)21(26)14-28-22(27)18-8-10-19-17(12-18)9-11-20(25)23-19/h4-8,10,12H,3,9,11,13-14H2,1-2H3,(H,23,25). The van der Waals surface area contributed by atoms with Gasteiger partial charge in [0, 0.05) is 25.7 Å². The van der Waals surface area contributed by atoms with Crippen molar-refractivity contribution in [3.8, 4) is 0 Å². The fourth-order valence-corrected chi connectivity index (χ4v) is 3.07. The molecule has 0 atom stereocenters. The Balaban J connectivity index is 1.53. The highest BCUT2D eigenvalue weighted by atomic mass is 16.5. The molecular weight excluding hydrogens is 356 g/mol. The molecule has 0 aromatic heterocycles. The van der Waals surface area contributed by atoms with Gasteiger partial charge in [0.05, 0.1) is 5.56 Å². The average molecular weight is 380 g/mol. The number of anilines is 1. The molecule has 2 aromatic carbocycles. The van der Waals surface area contributed by atoms with Crippen LogP contribution in [0.3, 0.4) is 0 Å². The second-order valence-electron chi connectivity index (χ2n) is 6.92. The average Bonchev–Trinajstić information content (AvgIpc) is 2.71. The summed E-state index contributed by atoms with van der Waals surface area (Å²) in [4.78, 5) is 37.5. The second kappa shape index (κ2) is 8.69. The van der Waals surface area contributed by atoms with E-state index in [1.807, 2.05) is 24.3 Å². The number of hydrogen-bond acceptors (Lipinski definition) is 4. The van der Waals surface area contributed by atoms with Crippen molar-refractivity contribution >= 4 is 23.5 Å². The molecule has 6 nitrogen and oxygen atoms in total. The van der Waals surface area contributed by atoms with Crippen LogP contribution >= 0.6 is 0 Å². The number of carbonyl (C=O) groups is 3. The Morgan fingerprint density at radius 2 is 1.79 bits per heavy atom. The van der Waals surface area contributed by atoms with Gasteiger partial charge in [-0.1, -0.05) is 31.2 Å². The molecule has 2 amide bonds. The summed E-state index contributed by atoms with van der Waals surface area (Å²) < 4.78 is 5.18. The maximum atomic E-state index is 12.3. The first kappa shape index (κ1) is 19.6. The van der Waals surface area contributed by atoms with E-state index in [0.717, 1.165) is 23.2 Å². The molecule has 0 fully saturated rings. The molecule has 0 aliphatic carbocycles. The zero-order valence-electron chi connectivity index (χ0n) is 16.2. The molecule has 1 aliphatic rings. The number of nitrogens with zero attached hydrogens (tertiary/aromatic N) is 1. The number of benzene rings is 2. The maximum absolute atomic E-state index is 12.3. The van der Waals surface area contributed by atoms with E-state index in [0.29, 0.717) is 24.9 Å². The summed E-state index contributed by atoms with van der Waals surface area (Å²) in [6.07, 6.45) is 1.95. The predicted molar refractivity (Wildman–Crippen MR) is 106 cm³/mol. The molecule has 3 rings (SSSR count). The van der Waals surface area contributed by atoms with Crippen LogP contribution in [0, 0.1) is 0 Å². The highest BCUT2D eigenvalue weighted by Gasteiger charge is 2.18. The van der Waals surface area contributed by atoms with Crippen LogP contribution in [-0.4, -0.2) is 36.3 Å². The number of amides is 2. The Bertz CT molecular complexity index is 890. The molecule has 1 N–H and O–H groups in total. The first-order valence-electron chi connectivity index (χ1n) is 9.38. The minimum Gasteiger partial charge on any atom is -0.452 e. The highest BCUT2D eigenvalue weighted by molar-refractivity contribution is 5.96.